The Labute approximate surface area is 112 Å². The third kappa shape index (κ3) is 3.35. The van der Waals surface area contributed by atoms with Crippen molar-refractivity contribution in [2.45, 2.75) is 37.8 Å². The summed E-state index contributed by atoms with van der Waals surface area (Å²) in [6.45, 7) is 1.26. The van der Waals surface area contributed by atoms with Crippen LogP contribution in [0.4, 0.5) is 0 Å². The fourth-order valence-electron chi connectivity index (χ4n) is 2.32. The molecule has 0 amide bonds. The lowest BCUT2D eigenvalue weighted by molar-refractivity contribution is 0.0475. The minimum absolute atomic E-state index is 0.523. The second-order valence-electron chi connectivity index (χ2n) is 4.75. The summed E-state index contributed by atoms with van der Waals surface area (Å²) in [4.78, 5) is 0. The lowest BCUT2D eigenvalue weighted by Gasteiger charge is -2.22. The zero-order valence-corrected chi connectivity index (χ0v) is 11.2. The molecule has 0 aliphatic heterocycles. The monoisotopic (exact) mass is 273 g/mol. The molecule has 0 atom stereocenters. The molecule has 2 rings (SSSR count). The van der Waals surface area contributed by atoms with Crippen molar-refractivity contribution in [3.63, 3.8) is 0 Å². The van der Waals surface area contributed by atoms with Gasteiger partial charge in [0.2, 0.25) is 0 Å². The standard InChI is InChI=1S/C13H17Cl2NO/c14-11-5-3-4-10(12(11)15)8-16-9-13(17)6-1-2-7-13/h3-5,16-17H,1-2,6-9H2. The van der Waals surface area contributed by atoms with E-state index in [4.69, 9.17) is 23.2 Å². The Bertz CT molecular complexity index is 389. The first-order valence-corrected chi connectivity index (χ1v) is 6.72. The van der Waals surface area contributed by atoms with E-state index in [-0.39, 0.29) is 0 Å². The van der Waals surface area contributed by atoms with E-state index in [0.717, 1.165) is 31.2 Å². The van der Waals surface area contributed by atoms with E-state index in [1.807, 2.05) is 12.1 Å². The lowest BCUT2D eigenvalue weighted by atomic mass is 10.0. The van der Waals surface area contributed by atoms with Gasteiger partial charge in [-0.25, -0.2) is 0 Å². The average Bonchev–Trinajstić information content (AvgIpc) is 2.72. The molecule has 0 saturated heterocycles. The van der Waals surface area contributed by atoms with Gasteiger partial charge in [-0.15, -0.1) is 0 Å². The highest BCUT2D eigenvalue weighted by atomic mass is 35.5. The number of hydrogen-bond donors (Lipinski definition) is 2. The Kier molecular flexibility index (Phi) is 4.31. The predicted molar refractivity (Wildman–Crippen MR) is 71.6 cm³/mol. The third-order valence-corrected chi connectivity index (χ3v) is 4.19. The Morgan fingerprint density at radius 3 is 2.65 bits per heavy atom. The first kappa shape index (κ1) is 13.2. The molecule has 0 aromatic heterocycles. The maximum atomic E-state index is 10.2. The van der Waals surface area contributed by atoms with Crippen molar-refractivity contribution in [3.8, 4) is 0 Å². The van der Waals surface area contributed by atoms with Gasteiger partial charge in [0.1, 0.15) is 0 Å². The number of rotatable bonds is 4. The van der Waals surface area contributed by atoms with Crippen molar-refractivity contribution in [2.75, 3.05) is 6.54 Å². The number of aliphatic hydroxyl groups is 1. The highest BCUT2D eigenvalue weighted by Crippen LogP contribution is 2.29. The van der Waals surface area contributed by atoms with Crippen LogP contribution in [0.2, 0.25) is 10.0 Å². The summed E-state index contributed by atoms with van der Waals surface area (Å²) in [5.41, 5.74) is 0.450. The first-order valence-electron chi connectivity index (χ1n) is 5.97. The van der Waals surface area contributed by atoms with Gasteiger partial charge < -0.3 is 10.4 Å². The van der Waals surface area contributed by atoms with Crippen LogP contribution in [-0.2, 0) is 6.54 Å². The molecular weight excluding hydrogens is 257 g/mol. The number of halogens is 2. The van der Waals surface area contributed by atoms with E-state index in [2.05, 4.69) is 5.32 Å². The minimum Gasteiger partial charge on any atom is -0.389 e. The zero-order chi connectivity index (χ0) is 12.3. The van der Waals surface area contributed by atoms with Gasteiger partial charge in [0.15, 0.2) is 0 Å². The van der Waals surface area contributed by atoms with Gasteiger partial charge >= 0.3 is 0 Å². The Hall–Kier alpha value is -0.280. The van der Waals surface area contributed by atoms with Crippen LogP contribution in [0.25, 0.3) is 0 Å². The van der Waals surface area contributed by atoms with Crippen LogP contribution >= 0.6 is 23.2 Å². The van der Waals surface area contributed by atoms with Gasteiger partial charge in [-0.05, 0) is 24.5 Å². The van der Waals surface area contributed by atoms with E-state index in [9.17, 15) is 5.11 Å². The summed E-state index contributed by atoms with van der Waals surface area (Å²) in [6.07, 6.45) is 4.03. The predicted octanol–water partition coefficient (Wildman–Crippen LogP) is 3.39. The van der Waals surface area contributed by atoms with Crippen LogP contribution in [0.1, 0.15) is 31.2 Å². The highest BCUT2D eigenvalue weighted by molar-refractivity contribution is 6.42. The summed E-state index contributed by atoms with van der Waals surface area (Å²) < 4.78 is 0. The van der Waals surface area contributed by atoms with Gasteiger partial charge in [0.25, 0.3) is 0 Å². The first-order chi connectivity index (χ1) is 8.11. The molecule has 0 bridgehead atoms. The Balaban J connectivity index is 1.88. The van der Waals surface area contributed by atoms with Crippen LogP contribution in [0.5, 0.6) is 0 Å². The van der Waals surface area contributed by atoms with Gasteiger partial charge in [-0.2, -0.15) is 0 Å². The van der Waals surface area contributed by atoms with Gasteiger partial charge in [0, 0.05) is 13.1 Å². The molecule has 1 aromatic carbocycles. The molecule has 4 heteroatoms. The second-order valence-corrected chi connectivity index (χ2v) is 5.53. The Morgan fingerprint density at radius 2 is 1.94 bits per heavy atom. The van der Waals surface area contributed by atoms with E-state index in [0.29, 0.717) is 23.1 Å². The third-order valence-electron chi connectivity index (χ3n) is 3.34. The molecule has 1 fully saturated rings. The molecule has 0 spiro atoms. The molecule has 17 heavy (non-hydrogen) atoms. The van der Waals surface area contributed by atoms with E-state index in [1.54, 1.807) is 6.07 Å². The van der Waals surface area contributed by atoms with Crippen LogP contribution in [-0.4, -0.2) is 17.3 Å². The molecule has 0 heterocycles. The summed E-state index contributed by atoms with van der Waals surface area (Å²) in [6, 6.07) is 5.60. The van der Waals surface area contributed by atoms with Gasteiger partial charge in [-0.1, -0.05) is 48.2 Å². The van der Waals surface area contributed by atoms with Crippen molar-refractivity contribution < 1.29 is 5.11 Å². The van der Waals surface area contributed by atoms with E-state index < -0.39 is 5.60 Å². The topological polar surface area (TPSA) is 32.3 Å². The zero-order valence-electron chi connectivity index (χ0n) is 9.68. The van der Waals surface area contributed by atoms with E-state index in [1.165, 1.54) is 0 Å². The van der Waals surface area contributed by atoms with Crippen molar-refractivity contribution >= 4 is 23.2 Å². The molecule has 1 aromatic rings. The summed E-state index contributed by atoms with van der Waals surface area (Å²) >= 11 is 12.0. The SMILES string of the molecule is OC1(CNCc2cccc(Cl)c2Cl)CCCC1. The molecule has 1 saturated carbocycles. The highest BCUT2D eigenvalue weighted by Gasteiger charge is 2.30. The summed E-state index contributed by atoms with van der Waals surface area (Å²) in [5, 5.41) is 14.6. The quantitative estimate of drug-likeness (QED) is 0.882. The Morgan fingerprint density at radius 1 is 1.24 bits per heavy atom. The normalized spacial score (nSPS) is 18.5. The molecule has 2 nitrogen and oxygen atoms in total. The van der Waals surface area contributed by atoms with Crippen molar-refractivity contribution in [1.82, 2.24) is 5.32 Å². The number of benzene rings is 1. The van der Waals surface area contributed by atoms with Crippen LogP contribution < -0.4 is 5.32 Å². The van der Waals surface area contributed by atoms with E-state index >= 15 is 0 Å². The molecule has 2 N–H and O–H groups in total. The summed E-state index contributed by atoms with van der Waals surface area (Å²) in [5.74, 6) is 0. The summed E-state index contributed by atoms with van der Waals surface area (Å²) in [7, 11) is 0. The molecule has 1 aliphatic rings. The molecule has 94 valence electrons. The van der Waals surface area contributed by atoms with Crippen LogP contribution in [0.15, 0.2) is 18.2 Å². The number of nitrogens with one attached hydrogen (secondary N) is 1. The average molecular weight is 274 g/mol. The smallest absolute Gasteiger partial charge is 0.0771 e. The number of hydrogen-bond acceptors (Lipinski definition) is 2. The van der Waals surface area contributed by atoms with Crippen molar-refractivity contribution in [1.29, 1.82) is 0 Å². The largest absolute Gasteiger partial charge is 0.389 e. The maximum Gasteiger partial charge on any atom is 0.0771 e. The van der Waals surface area contributed by atoms with Crippen LogP contribution in [0, 0.1) is 0 Å². The lowest BCUT2D eigenvalue weighted by Crippen LogP contribution is -2.37. The second kappa shape index (κ2) is 5.57. The van der Waals surface area contributed by atoms with Gasteiger partial charge in [-0.3, -0.25) is 0 Å². The molecule has 0 unspecified atom stereocenters. The molecular formula is C13H17Cl2NO. The van der Waals surface area contributed by atoms with Crippen LogP contribution in [0.3, 0.4) is 0 Å². The van der Waals surface area contributed by atoms with Crippen molar-refractivity contribution in [3.05, 3.63) is 33.8 Å². The minimum atomic E-state index is -0.523. The fourth-order valence-corrected chi connectivity index (χ4v) is 2.71. The van der Waals surface area contributed by atoms with Gasteiger partial charge in [0.05, 0.1) is 15.6 Å². The van der Waals surface area contributed by atoms with Crippen molar-refractivity contribution in [2.24, 2.45) is 0 Å². The molecule has 1 aliphatic carbocycles. The molecule has 0 radical (unpaired) electrons. The fraction of sp³-hybridized carbons (Fsp3) is 0.538. The maximum absolute atomic E-state index is 10.2.